The number of nitrogens with one attached hydrogen (secondary N) is 2. The Labute approximate surface area is 205 Å². The van der Waals surface area contributed by atoms with Gasteiger partial charge in [-0.3, -0.25) is 9.59 Å². The Kier molecular flexibility index (Phi) is 8.51. The maximum absolute atomic E-state index is 12.5. The van der Waals surface area contributed by atoms with E-state index in [2.05, 4.69) is 50.6 Å². The second kappa shape index (κ2) is 11.3. The molecule has 2 N–H and O–H groups in total. The number of hydrogen-bond acceptors (Lipinski definition) is 6. The van der Waals surface area contributed by atoms with Gasteiger partial charge in [0.1, 0.15) is 5.75 Å². The van der Waals surface area contributed by atoms with Crippen molar-refractivity contribution >= 4 is 45.2 Å². The normalized spacial score (nSPS) is 10.8. The van der Waals surface area contributed by atoms with Crippen LogP contribution in [-0.4, -0.2) is 39.4 Å². The molecule has 2 amide bonds. The van der Waals surface area contributed by atoms with Crippen molar-refractivity contribution in [3.05, 3.63) is 63.9 Å². The molecule has 10 heteroatoms. The largest absolute Gasteiger partial charge is 0.497 e. The smallest absolute Gasteiger partial charge is 0.251 e. The van der Waals surface area contributed by atoms with E-state index < -0.39 is 0 Å². The summed E-state index contributed by atoms with van der Waals surface area (Å²) in [6.07, 6.45) is 0. The van der Waals surface area contributed by atoms with Crippen molar-refractivity contribution < 1.29 is 14.3 Å². The van der Waals surface area contributed by atoms with Gasteiger partial charge in [-0.15, -0.1) is 10.2 Å². The predicted molar refractivity (Wildman–Crippen MR) is 133 cm³/mol. The van der Waals surface area contributed by atoms with Crippen molar-refractivity contribution in [2.45, 2.75) is 31.5 Å². The fourth-order valence-electron chi connectivity index (χ4n) is 3.07. The molecule has 1 heterocycles. The highest BCUT2D eigenvalue weighted by atomic mass is 79.9. The molecule has 0 radical (unpaired) electrons. The van der Waals surface area contributed by atoms with Gasteiger partial charge in [-0.1, -0.05) is 41.5 Å². The fraction of sp³-hybridized carbons (Fsp3) is 0.304. The van der Waals surface area contributed by atoms with Crippen LogP contribution in [-0.2, 0) is 18.4 Å². The van der Waals surface area contributed by atoms with Crippen LogP contribution < -0.4 is 15.4 Å². The van der Waals surface area contributed by atoms with Gasteiger partial charge in [-0.25, -0.2) is 0 Å². The van der Waals surface area contributed by atoms with Crippen molar-refractivity contribution in [3.8, 4) is 5.75 Å². The van der Waals surface area contributed by atoms with Gasteiger partial charge in [0.25, 0.3) is 5.91 Å². The minimum atomic E-state index is -0.218. The third-order valence-electron chi connectivity index (χ3n) is 4.93. The molecule has 0 saturated heterocycles. The van der Waals surface area contributed by atoms with Gasteiger partial charge in [0.15, 0.2) is 11.0 Å². The van der Waals surface area contributed by atoms with Crippen LogP contribution in [0, 0.1) is 0 Å². The van der Waals surface area contributed by atoms with E-state index in [1.165, 1.54) is 11.8 Å². The number of ether oxygens (including phenoxy) is 1. The first kappa shape index (κ1) is 24.8. The van der Waals surface area contributed by atoms with Crippen LogP contribution in [0.5, 0.6) is 5.75 Å². The lowest BCUT2D eigenvalue weighted by molar-refractivity contribution is -0.113. The van der Waals surface area contributed by atoms with Crippen LogP contribution in [0.25, 0.3) is 0 Å². The molecular formula is C23H26BrN5O3S. The lowest BCUT2D eigenvalue weighted by Gasteiger charge is -2.14. The topological polar surface area (TPSA) is 98.1 Å². The standard InChI is InChI=1S/C23H26BrN5O3S/c1-14(2)18-11-16(24)7-10-19(18)26-21(30)13-33-23-28-27-20(29(23)3)12-25-22(31)15-5-8-17(32-4)9-6-15/h5-11,14H,12-13H2,1-4H3,(H,25,31)(H,26,30). The summed E-state index contributed by atoms with van der Waals surface area (Å²) in [7, 11) is 3.38. The summed E-state index contributed by atoms with van der Waals surface area (Å²) in [5, 5.41) is 14.7. The minimum absolute atomic E-state index is 0.124. The molecule has 2 aromatic carbocycles. The highest BCUT2D eigenvalue weighted by molar-refractivity contribution is 9.10. The van der Waals surface area contributed by atoms with E-state index in [1.54, 1.807) is 43.0 Å². The molecule has 8 nitrogen and oxygen atoms in total. The van der Waals surface area contributed by atoms with Gasteiger partial charge in [0.2, 0.25) is 5.91 Å². The number of carbonyl (C=O) groups is 2. The summed E-state index contributed by atoms with van der Waals surface area (Å²) < 4.78 is 7.85. The Balaban J connectivity index is 1.54. The minimum Gasteiger partial charge on any atom is -0.497 e. The molecule has 33 heavy (non-hydrogen) atoms. The SMILES string of the molecule is COc1ccc(C(=O)NCc2nnc(SCC(=O)Nc3ccc(Br)cc3C(C)C)n2C)cc1. The summed E-state index contributed by atoms with van der Waals surface area (Å²) in [4.78, 5) is 24.9. The summed E-state index contributed by atoms with van der Waals surface area (Å²) in [5.74, 6) is 1.41. The van der Waals surface area contributed by atoms with Crippen LogP contribution in [0.4, 0.5) is 5.69 Å². The summed E-state index contributed by atoms with van der Waals surface area (Å²) in [5.41, 5.74) is 2.40. The third-order valence-corrected chi connectivity index (χ3v) is 6.44. The van der Waals surface area contributed by atoms with Crippen molar-refractivity contribution in [2.24, 2.45) is 7.05 Å². The van der Waals surface area contributed by atoms with Crippen molar-refractivity contribution in [2.75, 3.05) is 18.2 Å². The molecule has 1 aromatic heterocycles. The van der Waals surface area contributed by atoms with E-state index in [0.29, 0.717) is 22.3 Å². The maximum Gasteiger partial charge on any atom is 0.251 e. The number of anilines is 1. The number of thioether (sulfide) groups is 1. The van der Waals surface area contributed by atoms with Gasteiger partial charge in [0, 0.05) is 22.8 Å². The molecule has 0 aliphatic heterocycles. The number of carbonyl (C=O) groups excluding carboxylic acids is 2. The first-order valence-corrected chi connectivity index (χ1v) is 12.1. The second-order valence-electron chi connectivity index (χ2n) is 7.59. The Morgan fingerprint density at radius 3 is 2.55 bits per heavy atom. The number of halogens is 1. The lowest BCUT2D eigenvalue weighted by Crippen LogP contribution is -2.24. The zero-order valence-corrected chi connectivity index (χ0v) is 21.3. The molecule has 174 valence electrons. The number of aromatic nitrogens is 3. The van der Waals surface area contributed by atoms with E-state index in [4.69, 9.17) is 4.74 Å². The van der Waals surface area contributed by atoms with Crippen LogP contribution in [0.15, 0.2) is 52.1 Å². The number of methoxy groups -OCH3 is 1. The van der Waals surface area contributed by atoms with Crippen LogP contribution in [0.3, 0.4) is 0 Å². The number of amides is 2. The first-order chi connectivity index (χ1) is 15.8. The van der Waals surface area contributed by atoms with Crippen molar-refractivity contribution in [3.63, 3.8) is 0 Å². The Morgan fingerprint density at radius 2 is 1.88 bits per heavy atom. The zero-order valence-electron chi connectivity index (χ0n) is 18.9. The van der Waals surface area contributed by atoms with Crippen LogP contribution >= 0.6 is 27.7 Å². The van der Waals surface area contributed by atoms with E-state index >= 15 is 0 Å². The molecular weight excluding hydrogens is 506 g/mol. The number of benzene rings is 2. The molecule has 3 aromatic rings. The molecule has 0 aliphatic carbocycles. The van der Waals surface area contributed by atoms with Gasteiger partial charge >= 0.3 is 0 Å². The molecule has 0 aliphatic rings. The Morgan fingerprint density at radius 1 is 1.15 bits per heavy atom. The first-order valence-electron chi connectivity index (χ1n) is 10.3. The quantitative estimate of drug-likeness (QED) is 0.398. The monoisotopic (exact) mass is 531 g/mol. The summed E-state index contributed by atoms with van der Waals surface area (Å²) in [6.45, 7) is 4.39. The number of rotatable bonds is 9. The van der Waals surface area contributed by atoms with Crippen LogP contribution in [0.1, 0.15) is 41.5 Å². The van der Waals surface area contributed by atoms with Crippen LogP contribution in [0.2, 0.25) is 0 Å². The Hall–Kier alpha value is -2.85. The zero-order chi connectivity index (χ0) is 24.0. The van der Waals surface area contributed by atoms with E-state index in [0.717, 1.165) is 15.7 Å². The molecule has 0 spiro atoms. The summed E-state index contributed by atoms with van der Waals surface area (Å²) in [6, 6.07) is 12.7. The number of hydrogen-bond donors (Lipinski definition) is 2. The van der Waals surface area contributed by atoms with Gasteiger partial charge in [-0.2, -0.15) is 0 Å². The predicted octanol–water partition coefficient (Wildman–Crippen LogP) is 4.37. The van der Waals surface area contributed by atoms with Gasteiger partial charge in [0.05, 0.1) is 19.4 Å². The lowest BCUT2D eigenvalue weighted by atomic mass is 10.0. The number of nitrogens with zero attached hydrogens (tertiary/aromatic N) is 3. The highest BCUT2D eigenvalue weighted by Crippen LogP contribution is 2.28. The van der Waals surface area contributed by atoms with Crippen molar-refractivity contribution in [1.29, 1.82) is 0 Å². The van der Waals surface area contributed by atoms with Gasteiger partial charge < -0.3 is 19.9 Å². The average Bonchev–Trinajstić information content (AvgIpc) is 3.16. The average molecular weight is 532 g/mol. The molecule has 3 rings (SSSR count). The van der Waals surface area contributed by atoms with E-state index in [9.17, 15) is 9.59 Å². The van der Waals surface area contributed by atoms with Crippen molar-refractivity contribution in [1.82, 2.24) is 20.1 Å². The second-order valence-corrected chi connectivity index (χ2v) is 9.45. The molecule has 0 bridgehead atoms. The molecule has 0 unspecified atom stereocenters. The fourth-order valence-corrected chi connectivity index (χ4v) is 4.18. The summed E-state index contributed by atoms with van der Waals surface area (Å²) >= 11 is 4.77. The molecule has 0 fully saturated rings. The highest BCUT2D eigenvalue weighted by Gasteiger charge is 2.15. The molecule has 0 saturated carbocycles. The molecule has 0 atom stereocenters. The van der Waals surface area contributed by atoms with E-state index in [-0.39, 0.29) is 30.0 Å². The Bertz CT molecular complexity index is 1130. The van der Waals surface area contributed by atoms with E-state index in [1.807, 2.05) is 18.2 Å². The maximum atomic E-state index is 12.5. The van der Waals surface area contributed by atoms with Gasteiger partial charge in [-0.05, 0) is 53.9 Å². The third kappa shape index (κ3) is 6.58.